The van der Waals surface area contributed by atoms with Crippen LogP contribution in [-0.4, -0.2) is 218 Å². The van der Waals surface area contributed by atoms with E-state index in [1.54, 1.807) is 60.7 Å². The number of aromatic nitrogens is 1. The third kappa shape index (κ3) is 21.8. The molecule has 3 amide bonds. The summed E-state index contributed by atoms with van der Waals surface area (Å²) < 4.78 is 185. The van der Waals surface area contributed by atoms with E-state index in [1.807, 2.05) is 30.9 Å². The Balaban J connectivity index is 0.000000164. The van der Waals surface area contributed by atoms with Crippen LogP contribution in [0.15, 0.2) is 210 Å². The smallest absolute Gasteiger partial charge is 0.417 e. The van der Waals surface area contributed by atoms with E-state index in [0.717, 1.165) is 120 Å². The van der Waals surface area contributed by atoms with Gasteiger partial charge in [0.1, 0.15) is 17.5 Å². The molecule has 33 heteroatoms. The minimum absolute atomic E-state index is 0.00467. The number of allylic oxidation sites excluding steroid dienone is 3. The first-order chi connectivity index (χ1) is 56.5. The summed E-state index contributed by atoms with van der Waals surface area (Å²) in [5.41, 5.74) is 0.717. The average Bonchev–Trinajstić information content (AvgIpc) is 1.34. The number of hydrogen-bond donors (Lipinski definition) is 5. The molecule has 5 N–H and O–H groups in total. The lowest BCUT2D eigenvalue weighted by Gasteiger charge is -2.35. The number of hydrogen-bond acceptors (Lipinski definition) is 18. The molecular weight excluding hydrogens is 1570 g/mol. The Kier molecular flexibility index (Phi) is 27.0. The lowest BCUT2D eigenvalue weighted by atomic mass is 9.99. The Morgan fingerprint density at radius 2 is 0.916 bits per heavy atom. The van der Waals surface area contributed by atoms with Gasteiger partial charge in [-0.05, 0) is 147 Å². The van der Waals surface area contributed by atoms with Gasteiger partial charge in [0, 0.05) is 164 Å². The number of halogens is 12. The molecule has 0 radical (unpaired) electrons. The Morgan fingerprint density at radius 3 is 1.34 bits per heavy atom. The van der Waals surface area contributed by atoms with Gasteiger partial charge < -0.3 is 75.1 Å². The van der Waals surface area contributed by atoms with Crippen LogP contribution in [0.5, 0.6) is 5.88 Å². The number of carbonyl (C=O) groups excluding carboxylic acids is 4. The number of dihydropyridines is 2. The van der Waals surface area contributed by atoms with Crippen molar-refractivity contribution in [3.63, 3.8) is 0 Å². The molecule has 1 aliphatic carbocycles. The maximum absolute atomic E-state index is 15.2. The molecule has 630 valence electrons. The fraction of sp³-hybridized carbons (Fsp3) is 0.337. The first-order valence-electron chi connectivity index (χ1n) is 38.3. The van der Waals surface area contributed by atoms with Crippen molar-refractivity contribution < 1.29 is 86.1 Å². The van der Waals surface area contributed by atoms with Crippen molar-refractivity contribution in [1.82, 2.24) is 40.1 Å². The number of esters is 1. The number of alkyl halides is 9. The van der Waals surface area contributed by atoms with Gasteiger partial charge in [0.15, 0.2) is 0 Å². The second-order valence-corrected chi connectivity index (χ2v) is 29.8. The number of likely N-dealkylation sites (N-methyl/N-ethyl adjacent to an activating group) is 4. The molecular formula is C86H90F12N14O7. The van der Waals surface area contributed by atoms with Crippen molar-refractivity contribution in [2.75, 3.05) is 177 Å². The third-order valence-electron chi connectivity index (χ3n) is 21.2. The molecule has 8 heterocycles. The SMILES string of the molecule is C=C1C=C(C(F)(F)F)C(C(=O)Nc2cc(-c3cc(C(=O)OC)ccc3F)ccc2N2CCN(C)CC2)=CN1.C=C1C=C(C(F)(F)F)C(C(=O)Nc2cc(-c3cc(CN4CCOCC4)ccc3F)ccc2N2CCN(C)CC2)=CN1C.C=C1C=C(C(F)(F)F)C(C(=O)Nc2cc(-c3cc(OCC4CC4)ncc3F)ccc2N2CCN(C)CC2)=CN1. The van der Waals surface area contributed by atoms with Gasteiger partial charge in [0.05, 0.1) is 106 Å². The van der Waals surface area contributed by atoms with E-state index in [0.29, 0.717) is 117 Å². The summed E-state index contributed by atoms with van der Waals surface area (Å²) in [6.45, 7) is 23.1. The molecule has 0 spiro atoms. The number of methoxy groups -OCH3 is 1. The highest BCUT2D eigenvalue weighted by atomic mass is 19.4. The minimum Gasteiger partial charge on any atom is -0.477 e. The van der Waals surface area contributed by atoms with Crippen LogP contribution in [0.3, 0.4) is 0 Å². The second kappa shape index (κ2) is 37.1. The number of piperazine rings is 3. The maximum atomic E-state index is 15.2. The van der Waals surface area contributed by atoms with Crippen molar-refractivity contribution >= 4 is 57.8 Å². The number of rotatable bonds is 18. The van der Waals surface area contributed by atoms with Crippen molar-refractivity contribution in [1.29, 1.82) is 0 Å². The highest BCUT2D eigenvalue weighted by Crippen LogP contribution is 2.43. The van der Waals surface area contributed by atoms with Crippen LogP contribution in [-0.2, 0) is 30.4 Å². The van der Waals surface area contributed by atoms with Crippen molar-refractivity contribution in [2.45, 2.75) is 37.9 Å². The second-order valence-electron chi connectivity index (χ2n) is 29.8. The number of benzene rings is 5. The molecule has 8 aliphatic rings. The Morgan fingerprint density at radius 1 is 0.504 bits per heavy atom. The van der Waals surface area contributed by atoms with Crippen LogP contribution in [0.25, 0.3) is 33.4 Å². The summed E-state index contributed by atoms with van der Waals surface area (Å²) in [5.74, 6) is -4.37. The molecule has 1 saturated carbocycles. The topological polar surface area (TPSA) is 195 Å². The lowest BCUT2D eigenvalue weighted by molar-refractivity contribution is -0.115. The van der Waals surface area contributed by atoms with Crippen LogP contribution in [0.1, 0.15) is 28.8 Å². The van der Waals surface area contributed by atoms with E-state index < -0.39 is 93.1 Å². The molecule has 14 rings (SSSR count). The maximum Gasteiger partial charge on any atom is 0.417 e. The van der Waals surface area contributed by atoms with Crippen molar-refractivity contribution in [3.05, 3.63) is 239 Å². The quantitative estimate of drug-likeness (QED) is 0.0402. The summed E-state index contributed by atoms with van der Waals surface area (Å²) in [5, 5.41) is 13.1. The fourth-order valence-electron chi connectivity index (χ4n) is 14.1. The summed E-state index contributed by atoms with van der Waals surface area (Å²) in [4.78, 5) is 72.0. The van der Waals surface area contributed by atoms with Gasteiger partial charge in [0.25, 0.3) is 17.7 Å². The molecule has 1 aromatic heterocycles. The predicted molar refractivity (Wildman–Crippen MR) is 432 cm³/mol. The Hall–Kier alpha value is -11.7. The van der Waals surface area contributed by atoms with E-state index in [2.05, 4.69) is 75.8 Å². The Labute approximate surface area is 680 Å². The summed E-state index contributed by atoms with van der Waals surface area (Å²) in [7, 11) is 8.72. The number of pyridine rings is 1. The van der Waals surface area contributed by atoms with E-state index in [1.165, 1.54) is 49.4 Å². The van der Waals surface area contributed by atoms with Crippen molar-refractivity contribution in [3.8, 4) is 39.3 Å². The molecule has 7 aliphatic heterocycles. The van der Waals surface area contributed by atoms with Gasteiger partial charge in [0.2, 0.25) is 5.88 Å². The molecule has 119 heavy (non-hydrogen) atoms. The van der Waals surface area contributed by atoms with Gasteiger partial charge in [-0.1, -0.05) is 44.0 Å². The largest absolute Gasteiger partial charge is 0.477 e. The molecule has 0 atom stereocenters. The van der Waals surface area contributed by atoms with Gasteiger partial charge in [-0.2, -0.15) is 39.5 Å². The number of amides is 3. The third-order valence-corrected chi connectivity index (χ3v) is 21.2. The predicted octanol–water partition coefficient (Wildman–Crippen LogP) is 14.2. The number of carbonyl (C=O) groups is 4. The number of nitrogens with one attached hydrogen (secondary N) is 5. The molecule has 0 bridgehead atoms. The zero-order valence-electron chi connectivity index (χ0n) is 66.0. The van der Waals surface area contributed by atoms with Gasteiger partial charge in [-0.25, -0.2) is 22.9 Å². The first-order valence-corrected chi connectivity index (χ1v) is 38.3. The minimum atomic E-state index is -4.78. The molecule has 5 aromatic carbocycles. The molecule has 5 fully saturated rings. The summed E-state index contributed by atoms with van der Waals surface area (Å²) in [6.07, 6.45) is -5.52. The van der Waals surface area contributed by atoms with Crippen molar-refractivity contribution in [2.24, 2.45) is 5.92 Å². The van der Waals surface area contributed by atoms with Crippen LogP contribution in [0.4, 0.5) is 86.8 Å². The highest BCUT2D eigenvalue weighted by molar-refractivity contribution is 6.11. The first kappa shape index (κ1) is 86.7. The zero-order chi connectivity index (χ0) is 85.4. The van der Waals surface area contributed by atoms with Crippen LogP contribution >= 0.6 is 0 Å². The van der Waals surface area contributed by atoms with Crippen LogP contribution in [0, 0.1) is 23.4 Å². The molecule has 4 saturated heterocycles. The number of morpholine rings is 1. The Bertz CT molecular complexity index is 5080. The monoisotopic (exact) mass is 1660 g/mol. The van der Waals surface area contributed by atoms with E-state index in [9.17, 15) is 67.5 Å². The molecule has 21 nitrogen and oxygen atoms in total. The number of nitrogens with zero attached hydrogens (tertiary/aromatic N) is 9. The van der Waals surface area contributed by atoms with Crippen LogP contribution in [0.2, 0.25) is 0 Å². The normalized spacial score (nSPS) is 17.9. The van der Waals surface area contributed by atoms with Crippen LogP contribution < -0.4 is 46.0 Å². The lowest BCUT2D eigenvalue weighted by Crippen LogP contribution is -2.44. The van der Waals surface area contributed by atoms with E-state index in [-0.39, 0.29) is 51.0 Å². The number of anilines is 6. The molecule has 6 aromatic rings. The summed E-state index contributed by atoms with van der Waals surface area (Å²) in [6, 6.07) is 25.3. The van der Waals surface area contributed by atoms with Gasteiger partial charge in [-0.15, -0.1) is 0 Å². The highest BCUT2D eigenvalue weighted by Gasteiger charge is 2.43. The summed E-state index contributed by atoms with van der Waals surface area (Å²) >= 11 is 0. The molecule has 0 unspecified atom stereocenters. The van der Waals surface area contributed by atoms with E-state index >= 15 is 4.39 Å². The van der Waals surface area contributed by atoms with Gasteiger partial charge in [-0.3, -0.25) is 19.3 Å². The zero-order valence-corrected chi connectivity index (χ0v) is 66.0. The van der Waals surface area contributed by atoms with Gasteiger partial charge >= 0.3 is 24.5 Å². The number of ether oxygens (including phenoxy) is 3. The average molecular weight is 1660 g/mol. The van der Waals surface area contributed by atoms with E-state index in [4.69, 9.17) is 14.2 Å². The fourth-order valence-corrected chi connectivity index (χ4v) is 14.1. The standard InChI is InChI=1S/C31H35F4N5O2.C28H29F4N5O2.C27H26F4N4O3/c1-21-16-26(31(33,34)35)25(20-38(21)3)30(41)36-28-18-23(5-7-29(28)40-10-8-37(2)9-11-40)24-17-22(4-6-27(24)32)19-39-12-14-42-15-13-39;1-17-11-22(28(30,31)32)21(14-33-17)27(38)35-24-12-19(5-6-25(24)37-9-7-36(2)8-10-37)20-13-26(34-15-23(20)29)39-16-18-3-4-18;1-16-12-21(27(29,30)31)20(15-32-16)25(36)33-23-14-17(5-7-24(23)35-10-8-34(2)9-11-35)19-13-18(26(37)38-3)4-6-22(19)28/h4-7,16-18,20H,1,8-15,19H2,2-3H3,(H,36,41);5-6,11-15,18,33H,1,3-4,7-10,16H2,2H3,(H,35,38);4-7,12-15,32H,1,8-11H2,2-3H3,(H,33,36).